The monoisotopic (exact) mass is 278 g/mol. The van der Waals surface area contributed by atoms with Gasteiger partial charge in [0.2, 0.25) is 0 Å². The fraction of sp³-hybridized carbons (Fsp3) is 0.647. The number of nitrogens with zero attached hydrogens (tertiary/aromatic N) is 1. The minimum absolute atomic E-state index is 0.163. The molecule has 0 amide bonds. The smallest absolute Gasteiger partial charge is 0.0611 e. The summed E-state index contributed by atoms with van der Waals surface area (Å²) in [5.74, 6) is 0. The van der Waals surface area contributed by atoms with Gasteiger partial charge in [0.05, 0.1) is 6.61 Å². The third-order valence-corrected chi connectivity index (χ3v) is 4.00. The highest BCUT2D eigenvalue weighted by molar-refractivity contribution is 5.53. The van der Waals surface area contributed by atoms with Crippen molar-refractivity contribution >= 4 is 5.69 Å². The molecule has 0 aliphatic rings. The van der Waals surface area contributed by atoms with E-state index in [0.29, 0.717) is 6.04 Å². The van der Waals surface area contributed by atoms with E-state index in [1.54, 1.807) is 0 Å². The van der Waals surface area contributed by atoms with Gasteiger partial charge in [0, 0.05) is 23.8 Å². The summed E-state index contributed by atoms with van der Waals surface area (Å²) in [6.45, 7) is 12.8. The topological polar surface area (TPSA) is 35.5 Å². The first-order valence-corrected chi connectivity index (χ1v) is 7.65. The molecule has 0 saturated heterocycles. The highest BCUT2D eigenvalue weighted by atomic mass is 16.3. The van der Waals surface area contributed by atoms with Crippen LogP contribution in [0.1, 0.15) is 39.7 Å². The van der Waals surface area contributed by atoms with Crippen molar-refractivity contribution in [2.24, 2.45) is 0 Å². The third-order valence-electron chi connectivity index (χ3n) is 4.00. The maximum absolute atomic E-state index is 9.66. The molecule has 0 spiro atoms. The molecule has 0 heterocycles. The van der Waals surface area contributed by atoms with Gasteiger partial charge in [-0.25, -0.2) is 0 Å². The third kappa shape index (κ3) is 4.22. The zero-order valence-electron chi connectivity index (χ0n) is 13.6. The lowest BCUT2D eigenvalue weighted by atomic mass is 9.93. The number of hydrogen-bond acceptors (Lipinski definition) is 3. The fourth-order valence-electron chi connectivity index (χ4n) is 2.99. The van der Waals surface area contributed by atoms with Gasteiger partial charge < -0.3 is 15.3 Å². The molecule has 0 bridgehead atoms. The lowest BCUT2D eigenvalue weighted by Gasteiger charge is -2.38. The number of hydrogen-bond donors (Lipinski definition) is 2. The predicted molar refractivity (Wildman–Crippen MR) is 87.4 cm³/mol. The molecule has 0 radical (unpaired) electrons. The zero-order valence-corrected chi connectivity index (χ0v) is 13.6. The van der Waals surface area contributed by atoms with Gasteiger partial charge in [-0.05, 0) is 52.3 Å². The van der Waals surface area contributed by atoms with Gasteiger partial charge in [0.15, 0.2) is 0 Å². The number of aliphatic hydroxyl groups excluding tert-OH is 1. The Morgan fingerprint density at radius 2 is 1.95 bits per heavy atom. The van der Waals surface area contributed by atoms with Crippen LogP contribution in [0.4, 0.5) is 5.69 Å². The van der Waals surface area contributed by atoms with Gasteiger partial charge >= 0.3 is 0 Å². The van der Waals surface area contributed by atoms with Gasteiger partial charge in [-0.3, -0.25) is 0 Å². The highest BCUT2D eigenvalue weighted by Crippen LogP contribution is 2.25. The normalized spacial score (nSPS) is 15.7. The van der Waals surface area contributed by atoms with Crippen LogP contribution in [0.25, 0.3) is 0 Å². The largest absolute Gasteiger partial charge is 0.394 e. The summed E-state index contributed by atoms with van der Waals surface area (Å²) in [5.41, 5.74) is 2.37. The number of nitrogens with one attached hydrogen (secondary N) is 1. The van der Waals surface area contributed by atoms with Crippen LogP contribution in [0.2, 0.25) is 0 Å². The Morgan fingerprint density at radius 3 is 2.45 bits per heavy atom. The minimum Gasteiger partial charge on any atom is -0.394 e. The van der Waals surface area contributed by atoms with Crippen molar-refractivity contribution < 1.29 is 5.11 Å². The molecule has 3 heteroatoms. The molecule has 0 aliphatic carbocycles. The molecule has 20 heavy (non-hydrogen) atoms. The first-order chi connectivity index (χ1) is 9.47. The summed E-state index contributed by atoms with van der Waals surface area (Å²) >= 11 is 0. The predicted octanol–water partition coefficient (Wildman–Crippen LogP) is 2.96. The Balaban J connectivity index is 2.87. The van der Waals surface area contributed by atoms with Crippen molar-refractivity contribution in [3.8, 4) is 0 Å². The van der Waals surface area contributed by atoms with Gasteiger partial charge in [-0.1, -0.05) is 25.1 Å². The van der Waals surface area contributed by atoms with Gasteiger partial charge in [0.1, 0.15) is 0 Å². The van der Waals surface area contributed by atoms with Crippen LogP contribution in [0.3, 0.4) is 0 Å². The molecular formula is C17H30N2O. The summed E-state index contributed by atoms with van der Waals surface area (Å²) in [6.07, 6.45) is 0.916. The zero-order chi connectivity index (χ0) is 15.2. The summed E-state index contributed by atoms with van der Waals surface area (Å²) in [5, 5.41) is 13.1. The average Bonchev–Trinajstić information content (AvgIpc) is 2.42. The van der Waals surface area contributed by atoms with E-state index in [4.69, 9.17) is 0 Å². The van der Waals surface area contributed by atoms with Crippen molar-refractivity contribution in [1.29, 1.82) is 0 Å². The lowest BCUT2D eigenvalue weighted by molar-refractivity contribution is 0.161. The van der Waals surface area contributed by atoms with E-state index in [2.05, 4.69) is 69.1 Å². The molecule has 1 aromatic carbocycles. The van der Waals surface area contributed by atoms with E-state index in [-0.39, 0.29) is 12.1 Å². The molecule has 0 aliphatic heterocycles. The minimum atomic E-state index is -0.218. The van der Waals surface area contributed by atoms with Gasteiger partial charge in [0.25, 0.3) is 0 Å². The van der Waals surface area contributed by atoms with Crippen molar-refractivity contribution in [3.05, 3.63) is 29.8 Å². The van der Waals surface area contributed by atoms with Crippen molar-refractivity contribution in [1.82, 2.24) is 5.32 Å². The molecule has 114 valence electrons. The Kier molecular flexibility index (Phi) is 6.50. The molecule has 1 rings (SSSR count). The van der Waals surface area contributed by atoms with Crippen LogP contribution >= 0.6 is 0 Å². The van der Waals surface area contributed by atoms with Crippen LogP contribution in [-0.2, 0) is 0 Å². The molecule has 0 saturated carbocycles. The van der Waals surface area contributed by atoms with Crippen LogP contribution in [-0.4, -0.2) is 36.4 Å². The summed E-state index contributed by atoms with van der Waals surface area (Å²) in [7, 11) is 0. The molecule has 2 atom stereocenters. The van der Waals surface area contributed by atoms with Crippen LogP contribution in [0.15, 0.2) is 24.3 Å². The SMILES string of the molecule is CCNC(C)(CO)CC(C)N(CC)c1ccccc1C. The van der Waals surface area contributed by atoms with Crippen molar-refractivity contribution in [3.63, 3.8) is 0 Å². The average molecular weight is 278 g/mol. The van der Waals surface area contributed by atoms with E-state index < -0.39 is 0 Å². The van der Waals surface area contributed by atoms with E-state index in [1.165, 1.54) is 11.3 Å². The molecular weight excluding hydrogens is 248 g/mol. The van der Waals surface area contributed by atoms with E-state index in [0.717, 1.165) is 19.5 Å². The second-order valence-electron chi connectivity index (χ2n) is 5.87. The van der Waals surface area contributed by atoms with Crippen LogP contribution in [0, 0.1) is 6.92 Å². The second kappa shape index (κ2) is 7.65. The Hall–Kier alpha value is -1.06. The maximum atomic E-state index is 9.66. The van der Waals surface area contributed by atoms with E-state index in [1.807, 2.05) is 0 Å². The summed E-state index contributed by atoms with van der Waals surface area (Å²) in [6, 6.07) is 8.87. The highest BCUT2D eigenvalue weighted by Gasteiger charge is 2.27. The molecule has 2 unspecified atom stereocenters. The Bertz CT molecular complexity index is 408. The molecule has 0 aromatic heterocycles. The molecule has 3 nitrogen and oxygen atoms in total. The number of para-hydroxylation sites is 1. The lowest BCUT2D eigenvalue weighted by Crippen LogP contribution is -2.50. The quantitative estimate of drug-likeness (QED) is 0.767. The van der Waals surface area contributed by atoms with Crippen LogP contribution < -0.4 is 10.2 Å². The van der Waals surface area contributed by atoms with E-state index >= 15 is 0 Å². The number of likely N-dealkylation sites (N-methyl/N-ethyl adjacent to an activating group) is 1. The Labute approximate surface area is 124 Å². The standard InChI is InChI=1S/C17H30N2O/c1-6-18-17(5,13-20)12-15(4)19(7-2)16-11-9-8-10-14(16)3/h8-11,15,18,20H,6-7,12-13H2,1-5H3. The van der Waals surface area contributed by atoms with Gasteiger partial charge in [-0.15, -0.1) is 0 Å². The second-order valence-corrected chi connectivity index (χ2v) is 5.87. The van der Waals surface area contributed by atoms with Gasteiger partial charge in [-0.2, -0.15) is 0 Å². The van der Waals surface area contributed by atoms with Crippen molar-refractivity contribution in [2.45, 2.75) is 52.6 Å². The first-order valence-electron chi connectivity index (χ1n) is 7.65. The molecule has 2 N–H and O–H groups in total. The number of benzene rings is 1. The summed E-state index contributed by atoms with van der Waals surface area (Å²) in [4.78, 5) is 2.42. The number of aliphatic hydroxyl groups is 1. The fourth-order valence-corrected chi connectivity index (χ4v) is 2.99. The number of rotatable bonds is 8. The summed E-state index contributed by atoms with van der Waals surface area (Å²) < 4.78 is 0. The molecule has 1 aromatic rings. The number of anilines is 1. The van der Waals surface area contributed by atoms with E-state index in [9.17, 15) is 5.11 Å². The number of aryl methyl sites for hydroxylation is 1. The first kappa shape index (κ1) is 17.0. The van der Waals surface area contributed by atoms with Crippen LogP contribution in [0.5, 0.6) is 0 Å². The maximum Gasteiger partial charge on any atom is 0.0611 e. The van der Waals surface area contributed by atoms with Crippen molar-refractivity contribution in [2.75, 3.05) is 24.6 Å². The molecule has 0 fully saturated rings. The Morgan fingerprint density at radius 1 is 1.30 bits per heavy atom.